The zero-order chi connectivity index (χ0) is 17.0. The molecule has 3 atom stereocenters. The summed E-state index contributed by atoms with van der Waals surface area (Å²) >= 11 is 6.54. The molecule has 1 heterocycles. The van der Waals surface area contributed by atoms with Gasteiger partial charge in [0.1, 0.15) is 18.4 Å². The van der Waals surface area contributed by atoms with E-state index in [9.17, 15) is 4.21 Å². The summed E-state index contributed by atoms with van der Waals surface area (Å²) in [5.41, 5.74) is 0.972. The smallest absolute Gasteiger partial charge is 0.205 e. The van der Waals surface area contributed by atoms with E-state index >= 15 is 0 Å². The van der Waals surface area contributed by atoms with E-state index in [4.69, 9.17) is 16.3 Å². The molecule has 1 aliphatic rings. The highest BCUT2D eigenvalue weighted by atomic mass is 35.5. The molecule has 1 aliphatic carbocycles. The van der Waals surface area contributed by atoms with Gasteiger partial charge in [-0.25, -0.2) is 4.98 Å². The fourth-order valence-corrected chi connectivity index (χ4v) is 3.66. The van der Waals surface area contributed by atoms with Gasteiger partial charge >= 0.3 is 0 Å². The molecular weight excluding hydrogens is 346 g/mol. The summed E-state index contributed by atoms with van der Waals surface area (Å²) < 4.78 is 19.7. The molecule has 0 spiro atoms. The summed E-state index contributed by atoms with van der Waals surface area (Å²) in [5, 5.41) is 3.00. The van der Waals surface area contributed by atoms with Crippen LogP contribution in [0, 0.1) is 0 Å². The summed E-state index contributed by atoms with van der Waals surface area (Å²) in [6, 6.07) is 9.46. The Labute approximate surface area is 148 Å². The van der Waals surface area contributed by atoms with Crippen LogP contribution in [-0.2, 0) is 17.3 Å². The molecule has 0 bridgehead atoms. The molecule has 0 aliphatic heterocycles. The minimum Gasteiger partial charge on any atom is -0.468 e. The van der Waals surface area contributed by atoms with Crippen molar-refractivity contribution in [1.29, 1.82) is 0 Å². The fraction of sp³-hybridized carbons (Fsp3) is 0.294. The Morgan fingerprint density at radius 2 is 2.21 bits per heavy atom. The predicted octanol–water partition coefficient (Wildman–Crippen LogP) is 2.93. The average Bonchev–Trinajstić information content (AvgIpc) is 3.07. The van der Waals surface area contributed by atoms with Crippen molar-refractivity contribution >= 4 is 22.4 Å². The fourth-order valence-electron chi connectivity index (χ4n) is 2.51. The number of benzene rings is 1. The van der Waals surface area contributed by atoms with Crippen LogP contribution in [0.3, 0.4) is 0 Å². The van der Waals surface area contributed by atoms with Crippen molar-refractivity contribution in [3.63, 3.8) is 0 Å². The number of ether oxygens (including phenoxy) is 1. The monoisotopic (exact) mass is 363 g/mol. The highest BCUT2D eigenvalue weighted by molar-refractivity contribution is 7.85. The number of hydrogen-bond acceptors (Lipinski definition) is 4. The number of aromatic nitrogens is 3. The summed E-state index contributed by atoms with van der Waals surface area (Å²) in [6.07, 6.45) is 11.0. The van der Waals surface area contributed by atoms with Crippen molar-refractivity contribution < 1.29 is 8.95 Å². The molecule has 0 N–H and O–H groups in total. The van der Waals surface area contributed by atoms with Gasteiger partial charge in [-0.15, -0.1) is 0 Å². The highest BCUT2D eigenvalue weighted by Gasteiger charge is 2.30. The molecule has 0 saturated carbocycles. The van der Waals surface area contributed by atoms with E-state index in [1.54, 1.807) is 17.3 Å². The second-order valence-corrected chi connectivity index (χ2v) is 7.75. The molecular formula is C17H18ClN3O2S. The Hall–Kier alpha value is -1.92. The van der Waals surface area contributed by atoms with Gasteiger partial charge in [0.2, 0.25) is 5.06 Å². The highest BCUT2D eigenvalue weighted by Crippen LogP contribution is 2.32. The maximum Gasteiger partial charge on any atom is 0.205 e. The first-order valence-electron chi connectivity index (χ1n) is 7.53. The number of hydrogen-bond donors (Lipinski definition) is 0. The van der Waals surface area contributed by atoms with Crippen LogP contribution in [0.15, 0.2) is 66.8 Å². The number of allylic oxidation sites excluding steroid dienone is 1. The van der Waals surface area contributed by atoms with E-state index in [-0.39, 0.29) is 5.25 Å². The summed E-state index contributed by atoms with van der Waals surface area (Å²) in [7, 11) is -1.04. The number of rotatable bonds is 6. The lowest BCUT2D eigenvalue weighted by molar-refractivity contribution is 0.209. The molecule has 126 valence electrons. The van der Waals surface area contributed by atoms with Crippen molar-refractivity contribution in [2.24, 2.45) is 0 Å². The summed E-state index contributed by atoms with van der Waals surface area (Å²) in [4.78, 5) is 3.92. The van der Waals surface area contributed by atoms with Gasteiger partial charge in [0.15, 0.2) is 0 Å². The first-order valence-corrected chi connectivity index (χ1v) is 9.52. The van der Waals surface area contributed by atoms with Crippen LogP contribution in [0.4, 0.5) is 0 Å². The Kier molecular flexibility index (Phi) is 5.16. The van der Waals surface area contributed by atoms with E-state index in [2.05, 4.69) is 10.1 Å². The number of para-hydroxylation sites is 1. The Morgan fingerprint density at radius 3 is 2.79 bits per heavy atom. The molecule has 3 unspecified atom stereocenters. The molecule has 3 rings (SSSR count). The molecule has 1 aromatic carbocycles. The maximum atomic E-state index is 12.1. The third kappa shape index (κ3) is 4.13. The third-order valence-corrected chi connectivity index (χ3v) is 5.34. The first-order chi connectivity index (χ1) is 11.6. The topological polar surface area (TPSA) is 57.0 Å². The lowest BCUT2D eigenvalue weighted by Crippen LogP contribution is -2.30. The summed E-state index contributed by atoms with van der Waals surface area (Å²) in [6.45, 7) is 0.508. The summed E-state index contributed by atoms with van der Waals surface area (Å²) in [5.74, 6) is 0.715. The first kappa shape index (κ1) is 16.9. The van der Waals surface area contributed by atoms with E-state index in [1.807, 2.05) is 48.6 Å². The van der Waals surface area contributed by atoms with Gasteiger partial charge in [-0.1, -0.05) is 42.0 Å². The van der Waals surface area contributed by atoms with Crippen LogP contribution < -0.4 is 4.74 Å². The van der Waals surface area contributed by atoms with Crippen LogP contribution in [0.2, 0.25) is 0 Å². The van der Waals surface area contributed by atoms with Crippen LogP contribution >= 0.6 is 11.6 Å². The Morgan fingerprint density at radius 1 is 1.42 bits per heavy atom. The zero-order valence-corrected chi connectivity index (χ0v) is 14.8. The second-order valence-electron chi connectivity index (χ2n) is 5.55. The molecule has 0 fully saturated rings. The van der Waals surface area contributed by atoms with Crippen molar-refractivity contribution in [2.75, 3.05) is 6.26 Å². The van der Waals surface area contributed by atoms with Gasteiger partial charge < -0.3 is 4.74 Å². The molecule has 2 aromatic rings. The van der Waals surface area contributed by atoms with Crippen LogP contribution in [0.25, 0.3) is 0 Å². The Bertz CT molecular complexity index is 761. The van der Waals surface area contributed by atoms with E-state index in [1.165, 1.54) is 6.33 Å². The van der Waals surface area contributed by atoms with Gasteiger partial charge in [-0.3, -0.25) is 8.89 Å². The van der Waals surface area contributed by atoms with Crippen molar-refractivity contribution in [1.82, 2.24) is 14.8 Å². The lowest BCUT2D eigenvalue weighted by Gasteiger charge is -2.28. The standard InChI is InChI=1S/C17H18ClN3O2S/c1-24(22)16(11-21-13-19-12-20-21)14-7-9-17(18,10-8-14)23-15-5-3-2-4-6-15/h2-9,12-13,16H,10-11H2,1H3. The molecule has 5 nitrogen and oxygen atoms in total. The average molecular weight is 364 g/mol. The van der Waals surface area contributed by atoms with Gasteiger partial charge in [-0.05, 0) is 23.8 Å². The SMILES string of the molecule is CS(=O)C(Cn1cncn1)C1=CCC(Cl)(Oc2ccccc2)C=C1. The van der Waals surface area contributed by atoms with Crippen molar-refractivity contribution in [3.8, 4) is 5.75 Å². The van der Waals surface area contributed by atoms with Gasteiger partial charge in [0, 0.05) is 23.5 Å². The lowest BCUT2D eigenvalue weighted by atomic mass is 10.0. The van der Waals surface area contributed by atoms with E-state index in [0.717, 1.165) is 5.57 Å². The molecule has 0 radical (unpaired) electrons. The number of halogens is 1. The molecule has 24 heavy (non-hydrogen) atoms. The predicted molar refractivity (Wildman–Crippen MR) is 95.4 cm³/mol. The normalized spacial score (nSPS) is 22.7. The van der Waals surface area contributed by atoms with Crippen molar-refractivity contribution in [3.05, 3.63) is 66.8 Å². The molecule has 7 heteroatoms. The van der Waals surface area contributed by atoms with Crippen molar-refractivity contribution in [2.45, 2.75) is 23.3 Å². The van der Waals surface area contributed by atoms with Gasteiger partial charge in [0.25, 0.3) is 0 Å². The molecule has 0 amide bonds. The molecule has 0 saturated heterocycles. The largest absolute Gasteiger partial charge is 0.468 e. The minimum atomic E-state index is -1.04. The van der Waals surface area contributed by atoms with Crippen LogP contribution in [0.1, 0.15) is 6.42 Å². The van der Waals surface area contributed by atoms with Crippen LogP contribution in [0.5, 0.6) is 5.75 Å². The Balaban J connectivity index is 1.71. The minimum absolute atomic E-state index is 0.166. The quantitative estimate of drug-likeness (QED) is 0.740. The number of nitrogens with zero attached hydrogens (tertiary/aromatic N) is 3. The maximum absolute atomic E-state index is 12.1. The number of alkyl halides is 1. The van der Waals surface area contributed by atoms with Gasteiger partial charge in [0.05, 0.1) is 11.8 Å². The van der Waals surface area contributed by atoms with Crippen LogP contribution in [-0.4, -0.2) is 35.5 Å². The second kappa shape index (κ2) is 7.32. The van der Waals surface area contributed by atoms with E-state index < -0.39 is 15.9 Å². The van der Waals surface area contributed by atoms with E-state index in [0.29, 0.717) is 18.7 Å². The zero-order valence-electron chi connectivity index (χ0n) is 13.2. The molecule has 1 aromatic heterocycles. The third-order valence-electron chi connectivity index (χ3n) is 3.76. The van der Waals surface area contributed by atoms with Gasteiger partial charge in [-0.2, -0.15) is 5.10 Å².